The van der Waals surface area contributed by atoms with Gasteiger partial charge in [0.2, 0.25) is 5.91 Å². The number of carbonyl (C=O) groups is 2. The predicted octanol–water partition coefficient (Wildman–Crippen LogP) is 3.05. The molecule has 5 N–H and O–H groups in total. The Bertz CT molecular complexity index is 1630. The summed E-state index contributed by atoms with van der Waals surface area (Å²) in [5.41, 5.74) is 9.96. The van der Waals surface area contributed by atoms with E-state index in [0.717, 1.165) is 40.3 Å². The topological polar surface area (TPSA) is 159 Å². The quantitative estimate of drug-likeness (QED) is 0.284. The zero-order valence-electron chi connectivity index (χ0n) is 24.0. The Morgan fingerprint density at radius 3 is 2.42 bits per heavy atom. The van der Waals surface area contributed by atoms with E-state index in [2.05, 4.69) is 16.0 Å². The second-order valence-corrected chi connectivity index (χ2v) is 11.5. The fraction of sp³-hybridized carbons (Fsp3) is 0.452. The van der Waals surface area contributed by atoms with Gasteiger partial charge in [-0.15, -0.1) is 0 Å². The van der Waals surface area contributed by atoms with E-state index in [1.54, 1.807) is 4.57 Å². The van der Waals surface area contributed by atoms with Crippen LogP contribution in [0.2, 0.25) is 0 Å². The van der Waals surface area contributed by atoms with Crippen LogP contribution in [0.25, 0.3) is 21.9 Å². The third-order valence-corrected chi connectivity index (χ3v) is 8.77. The van der Waals surface area contributed by atoms with Crippen molar-refractivity contribution in [3.05, 3.63) is 70.8 Å². The largest absolute Gasteiger partial charge is 0.465 e. The van der Waals surface area contributed by atoms with Gasteiger partial charge in [-0.2, -0.15) is 0 Å². The van der Waals surface area contributed by atoms with Gasteiger partial charge in [0, 0.05) is 56.8 Å². The molecular formula is C31H38N6O6. The van der Waals surface area contributed by atoms with E-state index >= 15 is 0 Å². The van der Waals surface area contributed by atoms with Crippen LogP contribution in [-0.2, 0) is 20.7 Å². The minimum atomic E-state index is -0.885. The van der Waals surface area contributed by atoms with Crippen molar-refractivity contribution in [1.29, 1.82) is 0 Å². The fourth-order valence-electron chi connectivity index (χ4n) is 6.41. The van der Waals surface area contributed by atoms with E-state index in [9.17, 15) is 14.4 Å². The number of nitrogens with zero attached hydrogens (tertiary/aromatic N) is 3. The van der Waals surface area contributed by atoms with Gasteiger partial charge in [-0.25, -0.2) is 9.59 Å². The van der Waals surface area contributed by atoms with Gasteiger partial charge in [0.15, 0.2) is 5.79 Å². The number of ether oxygens (including phenoxy) is 2. The van der Waals surface area contributed by atoms with Gasteiger partial charge in [-0.3, -0.25) is 9.36 Å². The molecule has 5 heterocycles. The maximum absolute atomic E-state index is 12.6. The second kappa shape index (κ2) is 12.2. The van der Waals surface area contributed by atoms with Crippen molar-refractivity contribution in [2.24, 2.45) is 5.73 Å². The molecule has 12 heteroatoms. The predicted molar refractivity (Wildman–Crippen MR) is 161 cm³/mol. The molecule has 1 spiro atoms. The Morgan fingerprint density at radius 2 is 1.70 bits per heavy atom. The van der Waals surface area contributed by atoms with Crippen LogP contribution in [0.4, 0.5) is 4.79 Å². The summed E-state index contributed by atoms with van der Waals surface area (Å²) >= 11 is 0. The van der Waals surface area contributed by atoms with E-state index in [4.69, 9.17) is 20.3 Å². The summed E-state index contributed by atoms with van der Waals surface area (Å²) in [6.07, 6.45) is 4.37. The molecule has 0 radical (unpaired) electrons. The van der Waals surface area contributed by atoms with Crippen LogP contribution in [0.15, 0.2) is 59.5 Å². The number of carboxylic acid groups (broad SMARTS) is 1. The Balaban J connectivity index is 0.000000157. The summed E-state index contributed by atoms with van der Waals surface area (Å²) in [6, 6.07) is 15.3. The first-order valence-electron chi connectivity index (χ1n) is 14.9. The standard InChI is InChI=1S/C18H23N3O3.C13H15N3O3/c19-15(12-13-1-2-16-14(11-13)3-6-20-16)17(22)21-7-4-18(5-8-21)23-9-10-24-18;17-12-14-10-3-1-2-4-11(10)16(12)9-5-7-15(8-6-9)13(18)19/h1-3,6,11,15,20H,4-5,7-10,12,19H2;1-4,9H,5-8H2,(H,14,17)(H,18,19). The van der Waals surface area contributed by atoms with Gasteiger partial charge in [-0.05, 0) is 60.5 Å². The van der Waals surface area contributed by atoms with Crippen molar-refractivity contribution in [2.45, 2.75) is 50.0 Å². The lowest BCUT2D eigenvalue weighted by Gasteiger charge is -2.38. The molecule has 0 aliphatic carbocycles. The lowest BCUT2D eigenvalue weighted by atomic mass is 10.0. The number of nitrogens with two attached hydrogens (primary N) is 1. The molecule has 2 aromatic carbocycles. The average molecular weight is 591 g/mol. The molecule has 2 aromatic heterocycles. The third-order valence-electron chi connectivity index (χ3n) is 8.77. The molecule has 3 aliphatic rings. The van der Waals surface area contributed by atoms with Crippen molar-refractivity contribution in [2.75, 3.05) is 39.4 Å². The Labute approximate surface area is 248 Å². The van der Waals surface area contributed by atoms with Crippen molar-refractivity contribution in [3.63, 3.8) is 0 Å². The molecule has 3 aliphatic heterocycles. The monoisotopic (exact) mass is 590 g/mol. The Hall–Kier alpha value is -4.13. The number of H-pyrrole nitrogens is 2. The number of hydrogen-bond donors (Lipinski definition) is 4. The van der Waals surface area contributed by atoms with Crippen molar-refractivity contribution in [1.82, 2.24) is 24.3 Å². The minimum Gasteiger partial charge on any atom is -0.465 e. The van der Waals surface area contributed by atoms with Crippen LogP contribution in [0.1, 0.15) is 37.3 Å². The number of nitrogens with one attached hydrogen (secondary N) is 2. The lowest BCUT2D eigenvalue weighted by Crippen LogP contribution is -2.52. The van der Waals surface area contributed by atoms with Gasteiger partial charge in [0.05, 0.1) is 30.3 Å². The number of hydrogen-bond acceptors (Lipinski definition) is 6. The number of piperidine rings is 2. The number of likely N-dealkylation sites (tertiary alicyclic amines) is 2. The van der Waals surface area contributed by atoms with Crippen LogP contribution in [0.3, 0.4) is 0 Å². The van der Waals surface area contributed by atoms with Crippen LogP contribution in [-0.4, -0.2) is 92.7 Å². The van der Waals surface area contributed by atoms with E-state index in [1.807, 2.05) is 53.6 Å². The molecule has 0 bridgehead atoms. The van der Waals surface area contributed by atoms with E-state index in [-0.39, 0.29) is 17.6 Å². The molecular weight excluding hydrogens is 552 g/mol. The highest BCUT2D eigenvalue weighted by atomic mass is 16.7. The normalized spacial score (nSPS) is 19.5. The number of fused-ring (bicyclic) bond motifs is 2. The number of rotatable bonds is 4. The number of para-hydroxylation sites is 2. The molecule has 1 atom stereocenters. The van der Waals surface area contributed by atoms with Crippen LogP contribution >= 0.6 is 0 Å². The smallest absolute Gasteiger partial charge is 0.407 e. The zero-order chi connectivity index (χ0) is 30.0. The molecule has 43 heavy (non-hydrogen) atoms. The number of carbonyl (C=O) groups excluding carboxylic acids is 1. The molecule has 12 nitrogen and oxygen atoms in total. The van der Waals surface area contributed by atoms with E-state index in [1.165, 1.54) is 4.90 Å². The van der Waals surface area contributed by atoms with Gasteiger partial charge in [-0.1, -0.05) is 18.2 Å². The summed E-state index contributed by atoms with van der Waals surface area (Å²) in [6.45, 7) is 3.54. The summed E-state index contributed by atoms with van der Waals surface area (Å²) in [7, 11) is 0. The molecule has 228 valence electrons. The zero-order valence-corrected chi connectivity index (χ0v) is 24.0. The van der Waals surface area contributed by atoms with Gasteiger partial charge in [0.1, 0.15) is 0 Å². The molecule has 2 amide bonds. The van der Waals surface area contributed by atoms with Crippen LogP contribution in [0.5, 0.6) is 0 Å². The summed E-state index contributed by atoms with van der Waals surface area (Å²) in [5, 5.41) is 10.1. The van der Waals surface area contributed by atoms with Crippen LogP contribution < -0.4 is 11.4 Å². The first-order valence-corrected chi connectivity index (χ1v) is 14.9. The number of aromatic nitrogens is 3. The summed E-state index contributed by atoms with van der Waals surface area (Å²) in [5.74, 6) is -0.447. The summed E-state index contributed by atoms with van der Waals surface area (Å²) in [4.78, 5) is 44.8. The maximum Gasteiger partial charge on any atom is 0.407 e. The lowest BCUT2D eigenvalue weighted by molar-refractivity contribution is -0.187. The van der Waals surface area contributed by atoms with Gasteiger partial charge in [0.25, 0.3) is 0 Å². The van der Waals surface area contributed by atoms with Crippen LogP contribution in [0, 0.1) is 0 Å². The van der Waals surface area contributed by atoms with Crippen molar-refractivity contribution >= 4 is 33.9 Å². The molecule has 1 unspecified atom stereocenters. The molecule has 0 saturated carbocycles. The molecule has 7 rings (SSSR count). The van der Waals surface area contributed by atoms with E-state index in [0.29, 0.717) is 58.7 Å². The molecule has 3 fully saturated rings. The Kier molecular flexibility index (Phi) is 8.24. The number of benzene rings is 2. The number of imidazole rings is 1. The van der Waals surface area contributed by atoms with Crippen molar-refractivity contribution in [3.8, 4) is 0 Å². The number of aromatic amines is 2. The average Bonchev–Trinajstić information content (AvgIpc) is 3.76. The van der Waals surface area contributed by atoms with E-state index < -0.39 is 17.9 Å². The SMILES string of the molecule is NC(Cc1ccc2[nH]ccc2c1)C(=O)N1CCC2(CC1)OCCO2.O=C(O)N1CCC(n2c(=O)[nH]c3ccccc32)CC1. The maximum atomic E-state index is 12.6. The third kappa shape index (κ3) is 6.17. The highest BCUT2D eigenvalue weighted by Gasteiger charge is 2.41. The summed E-state index contributed by atoms with van der Waals surface area (Å²) < 4.78 is 13.2. The minimum absolute atomic E-state index is 0.0111. The van der Waals surface area contributed by atoms with Gasteiger partial charge < -0.3 is 40.1 Å². The van der Waals surface area contributed by atoms with Crippen molar-refractivity contribution < 1.29 is 24.2 Å². The first-order chi connectivity index (χ1) is 20.8. The highest BCUT2D eigenvalue weighted by Crippen LogP contribution is 2.31. The second-order valence-electron chi connectivity index (χ2n) is 11.5. The Morgan fingerprint density at radius 1 is 0.977 bits per heavy atom. The number of amides is 2. The fourth-order valence-corrected chi connectivity index (χ4v) is 6.41. The molecule has 4 aromatic rings. The highest BCUT2D eigenvalue weighted by molar-refractivity contribution is 5.83. The molecule has 3 saturated heterocycles. The van der Waals surface area contributed by atoms with Gasteiger partial charge >= 0.3 is 11.8 Å². The first kappa shape index (κ1) is 29.0.